The highest BCUT2D eigenvalue weighted by Crippen LogP contribution is 2.25. The van der Waals surface area contributed by atoms with Gasteiger partial charge in [-0.05, 0) is 19.9 Å². The zero-order valence-corrected chi connectivity index (χ0v) is 14.7. The summed E-state index contributed by atoms with van der Waals surface area (Å²) in [5.41, 5.74) is 2.94. The van der Waals surface area contributed by atoms with Crippen molar-refractivity contribution in [2.24, 2.45) is 0 Å². The molecule has 3 aromatic rings. The molecule has 23 heavy (non-hydrogen) atoms. The summed E-state index contributed by atoms with van der Waals surface area (Å²) in [5, 5.41) is 1.96. The maximum atomic E-state index is 12.2. The lowest BCUT2D eigenvalue weighted by Crippen LogP contribution is -2.14. The monoisotopic (exact) mass is 346 g/mol. The fourth-order valence-electron chi connectivity index (χ4n) is 2.36. The van der Waals surface area contributed by atoms with E-state index in [1.54, 1.807) is 22.2 Å². The fourth-order valence-corrected chi connectivity index (χ4v) is 4.17. The van der Waals surface area contributed by atoms with Gasteiger partial charge in [0, 0.05) is 34.2 Å². The Kier molecular flexibility index (Phi) is 5.03. The van der Waals surface area contributed by atoms with Gasteiger partial charge in [0.15, 0.2) is 4.96 Å². The number of rotatable bonds is 6. The minimum atomic E-state index is -0.000864. The van der Waals surface area contributed by atoms with Crippen molar-refractivity contribution in [3.8, 4) is 5.75 Å². The van der Waals surface area contributed by atoms with Gasteiger partial charge in [-0.2, -0.15) is 11.8 Å². The lowest BCUT2D eigenvalue weighted by Gasteiger charge is -2.09. The van der Waals surface area contributed by atoms with Crippen LogP contribution in [0.3, 0.4) is 0 Å². The first-order chi connectivity index (χ1) is 11.2. The average Bonchev–Trinajstić information content (AvgIpc) is 2.91. The normalized spacial score (nSPS) is 11.0. The zero-order valence-electron chi connectivity index (χ0n) is 13.1. The molecule has 0 bridgehead atoms. The van der Waals surface area contributed by atoms with E-state index in [1.165, 1.54) is 16.9 Å². The maximum Gasteiger partial charge on any atom is 0.258 e. The standard InChI is InChI=1S/C17H18N2O2S2/c1-3-21-15-7-5-4-6-13(15)10-22-11-14-8-16(20)19-12(2)9-23-17(19)18-14/h4-9H,3,10-11H2,1-2H3. The van der Waals surface area contributed by atoms with E-state index < -0.39 is 0 Å². The number of benzene rings is 1. The zero-order chi connectivity index (χ0) is 16.2. The van der Waals surface area contributed by atoms with E-state index in [0.717, 1.165) is 27.9 Å². The van der Waals surface area contributed by atoms with Crippen LogP contribution >= 0.6 is 23.1 Å². The molecular weight excluding hydrogens is 328 g/mol. The van der Waals surface area contributed by atoms with Crippen LogP contribution in [0, 0.1) is 6.92 Å². The Hall–Kier alpha value is -1.79. The number of hydrogen-bond donors (Lipinski definition) is 0. The molecule has 0 aliphatic rings. The van der Waals surface area contributed by atoms with Crippen molar-refractivity contribution in [1.82, 2.24) is 9.38 Å². The van der Waals surface area contributed by atoms with Crippen LogP contribution in [0.2, 0.25) is 0 Å². The summed E-state index contributed by atoms with van der Waals surface area (Å²) < 4.78 is 7.29. The van der Waals surface area contributed by atoms with Gasteiger partial charge in [-0.25, -0.2) is 4.98 Å². The van der Waals surface area contributed by atoms with Gasteiger partial charge in [0.05, 0.1) is 12.3 Å². The summed E-state index contributed by atoms with van der Waals surface area (Å²) in [4.78, 5) is 17.5. The Bertz CT molecular complexity index is 870. The van der Waals surface area contributed by atoms with E-state index >= 15 is 0 Å². The first-order valence-corrected chi connectivity index (χ1v) is 9.47. The van der Waals surface area contributed by atoms with Crippen molar-refractivity contribution >= 4 is 28.1 Å². The third-order valence-electron chi connectivity index (χ3n) is 3.41. The number of nitrogens with zero attached hydrogens (tertiary/aromatic N) is 2. The molecule has 0 fully saturated rings. The molecular formula is C17H18N2O2S2. The van der Waals surface area contributed by atoms with Crippen LogP contribution in [-0.4, -0.2) is 16.0 Å². The Balaban J connectivity index is 1.71. The molecule has 0 saturated carbocycles. The lowest BCUT2D eigenvalue weighted by molar-refractivity contribution is 0.337. The number of thiazole rings is 1. The maximum absolute atomic E-state index is 12.2. The van der Waals surface area contributed by atoms with Gasteiger partial charge in [-0.1, -0.05) is 18.2 Å². The Labute approximate surface area is 143 Å². The molecule has 0 saturated heterocycles. The summed E-state index contributed by atoms with van der Waals surface area (Å²) in [6.07, 6.45) is 0. The number of thioether (sulfide) groups is 1. The van der Waals surface area contributed by atoms with Crippen molar-refractivity contribution in [2.75, 3.05) is 6.61 Å². The minimum Gasteiger partial charge on any atom is -0.494 e. The first kappa shape index (κ1) is 16.1. The molecule has 0 spiro atoms. The summed E-state index contributed by atoms with van der Waals surface area (Å²) in [5.74, 6) is 2.48. The summed E-state index contributed by atoms with van der Waals surface area (Å²) >= 11 is 3.24. The van der Waals surface area contributed by atoms with Crippen LogP contribution in [0.4, 0.5) is 0 Å². The second-order valence-corrected chi connectivity index (χ2v) is 6.94. The summed E-state index contributed by atoms with van der Waals surface area (Å²) in [6, 6.07) is 9.70. The molecule has 0 radical (unpaired) electrons. The second kappa shape index (κ2) is 7.19. The van der Waals surface area contributed by atoms with Gasteiger partial charge < -0.3 is 4.74 Å². The van der Waals surface area contributed by atoms with E-state index in [9.17, 15) is 4.79 Å². The van der Waals surface area contributed by atoms with Gasteiger partial charge in [-0.3, -0.25) is 9.20 Å². The Morgan fingerprint density at radius 1 is 1.30 bits per heavy atom. The van der Waals surface area contributed by atoms with Gasteiger partial charge >= 0.3 is 0 Å². The molecule has 0 N–H and O–H groups in total. The number of ether oxygens (including phenoxy) is 1. The van der Waals surface area contributed by atoms with Crippen molar-refractivity contribution < 1.29 is 4.74 Å². The van der Waals surface area contributed by atoms with Crippen LogP contribution in [0.25, 0.3) is 4.96 Å². The summed E-state index contributed by atoms with van der Waals surface area (Å²) in [6.45, 7) is 4.57. The van der Waals surface area contributed by atoms with Crippen LogP contribution in [0.1, 0.15) is 23.9 Å². The average molecular weight is 346 g/mol. The molecule has 6 heteroatoms. The first-order valence-electron chi connectivity index (χ1n) is 7.44. The topological polar surface area (TPSA) is 43.6 Å². The van der Waals surface area contributed by atoms with Gasteiger partial charge in [-0.15, -0.1) is 11.3 Å². The van der Waals surface area contributed by atoms with Crippen molar-refractivity contribution in [3.63, 3.8) is 0 Å². The van der Waals surface area contributed by atoms with E-state index in [2.05, 4.69) is 11.1 Å². The van der Waals surface area contributed by atoms with Crippen LogP contribution in [0.5, 0.6) is 5.75 Å². The van der Waals surface area contributed by atoms with Gasteiger partial charge in [0.2, 0.25) is 0 Å². The highest BCUT2D eigenvalue weighted by atomic mass is 32.2. The molecule has 2 heterocycles. The van der Waals surface area contributed by atoms with Crippen molar-refractivity contribution in [2.45, 2.75) is 25.4 Å². The predicted molar refractivity (Wildman–Crippen MR) is 96.7 cm³/mol. The smallest absolute Gasteiger partial charge is 0.258 e. The third kappa shape index (κ3) is 3.59. The number of aryl methyl sites for hydroxylation is 1. The molecule has 120 valence electrons. The van der Waals surface area contributed by atoms with Crippen molar-refractivity contribution in [1.29, 1.82) is 0 Å². The summed E-state index contributed by atoms with van der Waals surface area (Å²) in [7, 11) is 0. The third-order valence-corrected chi connectivity index (χ3v) is 5.37. The number of hydrogen-bond acceptors (Lipinski definition) is 5. The molecule has 0 aliphatic carbocycles. The largest absolute Gasteiger partial charge is 0.494 e. The fraction of sp³-hybridized carbons (Fsp3) is 0.294. The number of aromatic nitrogens is 2. The van der Waals surface area contributed by atoms with Gasteiger partial charge in [0.1, 0.15) is 5.75 Å². The van der Waals surface area contributed by atoms with E-state index in [-0.39, 0.29) is 5.56 Å². The highest BCUT2D eigenvalue weighted by Gasteiger charge is 2.07. The molecule has 0 aliphatic heterocycles. The Morgan fingerprint density at radius 2 is 2.13 bits per heavy atom. The molecule has 2 aromatic heterocycles. The highest BCUT2D eigenvalue weighted by molar-refractivity contribution is 7.97. The van der Waals surface area contributed by atoms with E-state index in [0.29, 0.717) is 12.4 Å². The van der Waals surface area contributed by atoms with Gasteiger partial charge in [0.25, 0.3) is 5.56 Å². The molecule has 0 atom stereocenters. The molecule has 0 amide bonds. The molecule has 0 unspecified atom stereocenters. The van der Waals surface area contributed by atoms with Crippen LogP contribution in [-0.2, 0) is 11.5 Å². The van der Waals surface area contributed by atoms with E-state index in [1.807, 2.05) is 37.4 Å². The quantitative estimate of drug-likeness (QED) is 0.679. The SMILES string of the molecule is CCOc1ccccc1CSCc1cc(=O)n2c(C)csc2n1. The van der Waals surface area contributed by atoms with Crippen LogP contribution in [0.15, 0.2) is 40.5 Å². The molecule has 3 rings (SSSR count). The number of fused-ring (bicyclic) bond motifs is 1. The number of para-hydroxylation sites is 1. The van der Waals surface area contributed by atoms with E-state index in [4.69, 9.17) is 4.74 Å². The lowest BCUT2D eigenvalue weighted by atomic mass is 10.2. The minimum absolute atomic E-state index is 0.000864. The molecule has 1 aromatic carbocycles. The molecule has 4 nitrogen and oxygen atoms in total. The predicted octanol–water partition coefficient (Wildman–Crippen LogP) is 3.90. The van der Waals surface area contributed by atoms with Crippen LogP contribution < -0.4 is 10.3 Å². The van der Waals surface area contributed by atoms with Crippen molar-refractivity contribution in [3.05, 3.63) is 63.0 Å². The second-order valence-electron chi connectivity index (χ2n) is 5.11. The Morgan fingerprint density at radius 3 is 2.96 bits per heavy atom.